The Labute approximate surface area is 170 Å². The first-order valence-corrected chi connectivity index (χ1v) is 8.80. The van der Waals surface area contributed by atoms with Gasteiger partial charge in [-0.25, -0.2) is 0 Å². The highest BCUT2D eigenvalue weighted by Crippen LogP contribution is 2.32. The second-order valence-electron chi connectivity index (χ2n) is 6.50. The van der Waals surface area contributed by atoms with Crippen LogP contribution in [0.2, 0.25) is 0 Å². The minimum absolute atomic E-state index is 0.0000449. The number of carbonyl (C=O) groups excluding carboxylic acids is 2. The lowest BCUT2D eigenvalue weighted by molar-refractivity contribution is -0.137. The summed E-state index contributed by atoms with van der Waals surface area (Å²) in [6.45, 7) is 1.69. The maximum Gasteiger partial charge on any atom is 0.416 e. The number of benzene rings is 3. The van der Waals surface area contributed by atoms with E-state index in [4.69, 9.17) is 10.5 Å². The van der Waals surface area contributed by atoms with Crippen molar-refractivity contribution < 1.29 is 27.5 Å². The van der Waals surface area contributed by atoms with E-state index in [1.165, 1.54) is 30.3 Å². The first kappa shape index (κ1) is 20.9. The molecule has 0 spiro atoms. The largest absolute Gasteiger partial charge is 0.457 e. The summed E-state index contributed by atoms with van der Waals surface area (Å²) in [4.78, 5) is 23.8. The third-order valence-corrected chi connectivity index (χ3v) is 4.24. The molecule has 30 heavy (non-hydrogen) atoms. The highest BCUT2D eigenvalue weighted by Gasteiger charge is 2.30. The summed E-state index contributed by atoms with van der Waals surface area (Å²) in [6.07, 6.45) is -4.48. The van der Waals surface area contributed by atoms with E-state index in [-0.39, 0.29) is 17.1 Å². The Bertz CT molecular complexity index is 1110. The van der Waals surface area contributed by atoms with Crippen molar-refractivity contribution in [3.8, 4) is 11.5 Å². The Kier molecular flexibility index (Phi) is 5.77. The number of rotatable bonds is 5. The molecule has 0 bridgehead atoms. The van der Waals surface area contributed by atoms with Gasteiger partial charge in [-0.3, -0.25) is 9.59 Å². The molecule has 3 aromatic carbocycles. The van der Waals surface area contributed by atoms with Gasteiger partial charge in [0.25, 0.3) is 5.91 Å². The predicted molar refractivity (Wildman–Crippen MR) is 106 cm³/mol. The van der Waals surface area contributed by atoms with Crippen LogP contribution >= 0.6 is 0 Å². The standard InChI is InChI=1S/C22H17F3N2O3/c1-13-10-16(8-9-19(13)20(26)28)27-21(29)14-4-2-6-17(11-14)30-18-7-3-5-15(12-18)22(23,24)25/h2-12H,1H3,(H2,26,28)(H,27,29). The summed E-state index contributed by atoms with van der Waals surface area (Å²) < 4.78 is 44.0. The number of carbonyl (C=O) groups is 2. The Hall–Kier alpha value is -3.81. The molecule has 0 unspecified atom stereocenters. The number of primary amides is 1. The van der Waals surface area contributed by atoms with E-state index >= 15 is 0 Å². The van der Waals surface area contributed by atoms with Crippen LogP contribution in [0.4, 0.5) is 18.9 Å². The molecule has 0 radical (unpaired) electrons. The van der Waals surface area contributed by atoms with Crippen LogP contribution in [-0.4, -0.2) is 11.8 Å². The van der Waals surface area contributed by atoms with Crippen LogP contribution < -0.4 is 15.8 Å². The number of hydrogen-bond acceptors (Lipinski definition) is 3. The van der Waals surface area contributed by atoms with Crippen LogP contribution in [0.1, 0.15) is 31.8 Å². The fourth-order valence-electron chi connectivity index (χ4n) is 2.79. The van der Waals surface area contributed by atoms with Gasteiger partial charge in [-0.05, 0) is 67.1 Å². The molecule has 3 aromatic rings. The number of aryl methyl sites for hydroxylation is 1. The first-order chi connectivity index (χ1) is 14.1. The van der Waals surface area contributed by atoms with Crippen molar-refractivity contribution in [2.75, 3.05) is 5.32 Å². The van der Waals surface area contributed by atoms with Gasteiger partial charge in [0.2, 0.25) is 5.91 Å². The van der Waals surface area contributed by atoms with E-state index in [0.29, 0.717) is 16.8 Å². The van der Waals surface area contributed by atoms with Crippen LogP contribution in [0.25, 0.3) is 0 Å². The highest BCUT2D eigenvalue weighted by atomic mass is 19.4. The van der Waals surface area contributed by atoms with Crippen molar-refractivity contribution in [3.05, 3.63) is 89.0 Å². The molecule has 8 heteroatoms. The second-order valence-corrected chi connectivity index (χ2v) is 6.50. The van der Waals surface area contributed by atoms with E-state index in [1.54, 1.807) is 31.2 Å². The van der Waals surface area contributed by atoms with Crippen molar-refractivity contribution in [2.45, 2.75) is 13.1 Å². The number of anilines is 1. The van der Waals surface area contributed by atoms with Crippen molar-refractivity contribution in [1.29, 1.82) is 0 Å². The van der Waals surface area contributed by atoms with Crippen LogP contribution in [-0.2, 0) is 6.18 Å². The van der Waals surface area contributed by atoms with E-state index in [9.17, 15) is 22.8 Å². The Morgan fingerprint density at radius 2 is 1.60 bits per heavy atom. The molecule has 0 aliphatic carbocycles. The average Bonchev–Trinajstić information content (AvgIpc) is 2.67. The van der Waals surface area contributed by atoms with Crippen LogP contribution in [0, 0.1) is 6.92 Å². The fourth-order valence-corrected chi connectivity index (χ4v) is 2.79. The topological polar surface area (TPSA) is 81.4 Å². The maximum atomic E-state index is 12.8. The smallest absolute Gasteiger partial charge is 0.416 e. The summed E-state index contributed by atoms with van der Waals surface area (Å²) in [7, 11) is 0. The molecular formula is C22H17F3N2O3. The Balaban J connectivity index is 1.76. The van der Waals surface area contributed by atoms with Crippen molar-refractivity contribution in [1.82, 2.24) is 0 Å². The van der Waals surface area contributed by atoms with Gasteiger partial charge < -0.3 is 15.8 Å². The van der Waals surface area contributed by atoms with Crippen molar-refractivity contribution in [3.63, 3.8) is 0 Å². The summed E-state index contributed by atoms with van der Waals surface area (Å²) in [5, 5.41) is 2.69. The molecule has 0 saturated carbocycles. The van der Waals surface area contributed by atoms with Gasteiger partial charge in [-0.2, -0.15) is 13.2 Å². The molecule has 0 fully saturated rings. The molecule has 0 saturated heterocycles. The van der Waals surface area contributed by atoms with Gasteiger partial charge in [0.05, 0.1) is 5.56 Å². The van der Waals surface area contributed by atoms with Gasteiger partial charge in [0.1, 0.15) is 11.5 Å². The minimum Gasteiger partial charge on any atom is -0.457 e. The number of nitrogens with one attached hydrogen (secondary N) is 1. The Morgan fingerprint density at radius 3 is 2.23 bits per heavy atom. The van der Waals surface area contributed by atoms with Gasteiger partial charge >= 0.3 is 6.18 Å². The quantitative estimate of drug-likeness (QED) is 0.605. The molecule has 3 rings (SSSR count). The highest BCUT2D eigenvalue weighted by molar-refractivity contribution is 6.05. The summed E-state index contributed by atoms with van der Waals surface area (Å²) in [6, 6.07) is 15.2. The number of hydrogen-bond donors (Lipinski definition) is 2. The zero-order valence-corrected chi connectivity index (χ0v) is 15.8. The van der Waals surface area contributed by atoms with E-state index in [0.717, 1.165) is 12.1 Å². The molecule has 0 heterocycles. The van der Waals surface area contributed by atoms with E-state index in [2.05, 4.69) is 5.32 Å². The van der Waals surface area contributed by atoms with Crippen LogP contribution in [0.3, 0.4) is 0 Å². The number of halogens is 3. The fraction of sp³-hybridized carbons (Fsp3) is 0.0909. The van der Waals surface area contributed by atoms with Crippen molar-refractivity contribution in [2.24, 2.45) is 5.73 Å². The molecule has 2 amide bonds. The lowest BCUT2D eigenvalue weighted by Gasteiger charge is -2.11. The SMILES string of the molecule is Cc1cc(NC(=O)c2cccc(Oc3cccc(C(F)(F)F)c3)c2)ccc1C(N)=O. The molecule has 0 aliphatic heterocycles. The first-order valence-electron chi connectivity index (χ1n) is 8.80. The van der Waals surface area contributed by atoms with Gasteiger partial charge in [0, 0.05) is 16.8 Å². The normalized spacial score (nSPS) is 11.1. The van der Waals surface area contributed by atoms with E-state index in [1.807, 2.05) is 0 Å². The summed E-state index contributed by atoms with van der Waals surface area (Å²) >= 11 is 0. The van der Waals surface area contributed by atoms with Gasteiger partial charge in [-0.1, -0.05) is 12.1 Å². The lowest BCUT2D eigenvalue weighted by Crippen LogP contribution is -2.15. The molecule has 3 N–H and O–H groups in total. The van der Waals surface area contributed by atoms with Crippen LogP contribution in [0.5, 0.6) is 11.5 Å². The summed E-state index contributed by atoms with van der Waals surface area (Å²) in [5.41, 5.74) is 6.11. The zero-order valence-electron chi connectivity index (χ0n) is 15.8. The number of amides is 2. The monoisotopic (exact) mass is 414 g/mol. The number of nitrogens with two attached hydrogens (primary N) is 1. The molecular weight excluding hydrogens is 397 g/mol. The Morgan fingerprint density at radius 1 is 0.933 bits per heavy atom. The predicted octanol–water partition coefficient (Wildman–Crippen LogP) is 5.16. The van der Waals surface area contributed by atoms with Gasteiger partial charge in [-0.15, -0.1) is 0 Å². The third kappa shape index (κ3) is 4.96. The van der Waals surface area contributed by atoms with E-state index < -0.39 is 23.6 Å². The number of ether oxygens (including phenoxy) is 1. The minimum atomic E-state index is -4.48. The summed E-state index contributed by atoms with van der Waals surface area (Å²) in [5.74, 6) is -0.803. The zero-order chi connectivity index (χ0) is 21.9. The molecule has 0 aliphatic rings. The molecule has 0 atom stereocenters. The third-order valence-electron chi connectivity index (χ3n) is 4.24. The molecule has 5 nitrogen and oxygen atoms in total. The molecule has 154 valence electrons. The van der Waals surface area contributed by atoms with Crippen molar-refractivity contribution >= 4 is 17.5 Å². The maximum absolute atomic E-state index is 12.8. The average molecular weight is 414 g/mol. The lowest BCUT2D eigenvalue weighted by atomic mass is 10.1. The van der Waals surface area contributed by atoms with Gasteiger partial charge in [0.15, 0.2) is 0 Å². The van der Waals surface area contributed by atoms with Crippen LogP contribution in [0.15, 0.2) is 66.7 Å². The number of alkyl halides is 3. The molecule has 0 aromatic heterocycles. The second kappa shape index (κ2) is 8.28.